The van der Waals surface area contributed by atoms with Gasteiger partial charge in [-0.25, -0.2) is 4.98 Å². The van der Waals surface area contributed by atoms with Crippen molar-refractivity contribution in [1.82, 2.24) is 9.66 Å². The smallest absolute Gasteiger partial charge is 0.282 e. The van der Waals surface area contributed by atoms with Crippen LogP contribution in [0.4, 0.5) is 0 Å². The minimum atomic E-state index is -0.309. The zero-order chi connectivity index (χ0) is 26.1. The van der Waals surface area contributed by atoms with Crippen LogP contribution in [0.25, 0.3) is 21.7 Å². The van der Waals surface area contributed by atoms with Crippen LogP contribution in [0.15, 0.2) is 87.2 Å². The highest BCUT2D eigenvalue weighted by Gasteiger charge is 2.15. The maximum Gasteiger partial charge on any atom is 0.282 e. The number of phenolic OH excluding ortho intramolecular Hbond substituents is 1. The van der Waals surface area contributed by atoms with Crippen molar-refractivity contribution in [1.29, 1.82) is 0 Å². The summed E-state index contributed by atoms with van der Waals surface area (Å²) in [5, 5.41) is 17.3. The minimum Gasteiger partial charge on any atom is -0.507 e. The van der Waals surface area contributed by atoms with E-state index in [9.17, 15) is 9.90 Å². The summed E-state index contributed by atoms with van der Waals surface area (Å²) in [4.78, 5) is 18.2. The van der Waals surface area contributed by atoms with Crippen LogP contribution in [0.2, 0.25) is 0 Å². The number of hydrogen-bond donors (Lipinski definition) is 1. The molecular formula is C30H26BrN3O3. The molecule has 0 spiro atoms. The van der Waals surface area contributed by atoms with Crippen LogP contribution in [0.3, 0.4) is 0 Å². The van der Waals surface area contributed by atoms with Crippen molar-refractivity contribution in [3.8, 4) is 11.5 Å². The van der Waals surface area contributed by atoms with Crippen molar-refractivity contribution in [2.24, 2.45) is 5.10 Å². The topological polar surface area (TPSA) is 76.7 Å². The number of fused-ring (bicyclic) bond motifs is 2. The van der Waals surface area contributed by atoms with Crippen LogP contribution >= 0.6 is 15.9 Å². The number of halogens is 1. The van der Waals surface area contributed by atoms with E-state index in [1.807, 2.05) is 49.4 Å². The number of para-hydroxylation sites is 1. The molecular weight excluding hydrogens is 530 g/mol. The van der Waals surface area contributed by atoms with E-state index < -0.39 is 0 Å². The van der Waals surface area contributed by atoms with Gasteiger partial charge in [-0.2, -0.15) is 9.78 Å². The van der Waals surface area contributed by atoms with Crippen molar-refractivity contribution in [2.75, 3.05) is 0 Å². The molecule has 5 rings (SSSR count). The molecule has 0 fully saturated rings. The minimum absolute atomic E-state index is 0.0414. The van der Waals surface area contributed by atoms with E-state index in [4.69, 9.17) is 9.72 Å². The molecule has 0 aliphatic heterocycles. The average Bonchev–Trinajstić information content (AvgIpc) is 2.89. The third-order valence-electron chi connectivity index (χ3n) is 6.34. The Balaban J connectivity index is 1.61. The molecule has 5 aromatic rings. The summed E-state index contributed by atoms with van der Waals surface area (Å²) in [7, 11) is 0. The Kier molecular flexibility index (Phi) is 6.80. The number of hydrogen-bond acceptors (Lipinski definition) is 5. The molecule has 1 N–H and O–H groups in total. The first-order chi connectivity index (χ1) is 17.8. The van der Waals surface area contributed by atoms with Gasteiger partial charge in [-0.3, -0.25) is 4.79 Å². The van der Waals surface area contributed by atoms with E-state index in [-0.39, 0.29) is 23.8 Å². The summed E-state index contributed by atoms with van der Waals surface area (Å²) in [6.07, 6.45) is 1.50. The van der Waals surface area contributed by atoms with Gasteiger partial charge < -0.3 is 9.84 Å². The molecule has 0 aliphatic carbocycles. The molecule has 0 saturated heterocycles. The molecule has 186 valence electrons. The first-order valence-electron chi connectivity index (χ1n) is 12.0. The standard InChI is InChI=1S/C30H26BrN3O3/c1-18(2)23-15-25(31)19(3)14-28(23)37-17-29-33-26-11-7-6-10-22(26)30(36)34(29)32-16-24-21-9-5-4-8-20(21)12-13-27(24)35/h4-16,18,35H,17H2,1-3H3. The van der Waals surface area contributed by atoms with Crippen molar-refractivity contribution in [3.05, 3.63) is 110 Å². The Morgan fingerprint density at radius 2 is 1.78 bits per heavy atom. The first kappa shape index (κ1) is 24.7. The summed E-state index contributed by atoms with van der Waals surface area (Å²) in [6.45, 7) is 6.26. The first-order valence-corrected chi connectivity index (χ1v) is 12.8. The Morgan fingerprint density at radius 3 is 2.57 bits per heavy atom. The molecule has 0 bridgehead atoms. The highest BCUT2D eigenvalue weighted by Crippen LogP contribution is 2.32. The van der Waals surface area contributed by atoms with Gasteiger partial charge in [-0.05, 0) is 65.1 Å². The molecule has 0 unspecified atom stereocenters. The number of aromatic hydroxyl groups is 1. The summed E-state index contributed by atoms with van der Waals surface area (Å²) in [6, 6.07) is 22.4. The van der Waals surface area contributed by atoms with Crippen LogP contribution in [-0.2, 0) is 6.61 Å². The van der Waals surface area contributed by atoms with Crippen molar-refractivity contribution in [2.45, 2.75) is 33.3 Å². The monoisotopic (exact) mass is 555 g/mol. The van der Waals surface area contributed by atoms with Gasteiger partial charge in [0.2, 0.25) is 0 Å². The molecule has 0 radical (unpaired) electrons. The maximum atomic E-state index is 13.5. The summed E-state index contributed by atoms with van der Waals surface area (Å²) in [5.41, 5.74) is 2.89. The molecule has 0 saturated carbocycles. The quantitative estimate of drug-likeness (QED) is 0.231. The summed E-state index contributed by atoms with van der Waals surface area (Å²) < 4.78 is 8.52. The number of benzene rings is 4. The molecule has 7 heteroatoms. The molecule has 0 aliphatic rings. The van der Waals surface area contributed by atoms with Crippen LogP contribution in [-0.4, -0.2) is 21.0 Å². The Hall–Kier alpha value is -3.97. The number of aryl methyl sites for hydroxylation is 1. The van der Waals surface area contributed by atoms with E-state index in [1.165, 1.54) is 10.9 Å². The Labute approximate surface area is 223 Å². The van der Waals surface area contributed by atoms with Crippen molar-refractivity contribution < 1.29 is 9.84 Å². The molecule has 4 aromatic carbocycles. The Morgan fingerprint density at radius 1 is 1.05 bits per heavy atom. The molecule has 0 amide bonds. The zero-order valence-electron chi connectivity index (χ0n) is 20.8. The number of rotatable bonds is 6. The van der Waals surface area contributed by atoms with Gasteiger partial charge in [-0.15, -0.1) is 0 Å². The molecule has 1 heterocycles. The lowest BCUT2D eigenvalue weighted by Gasteiger charge is -2.17. The number of ether oxygens (including phenoxy) is 1. The number of nitrogens with zero attached hydrogens (tertiary/aromatic N) is 3. The third kappa shape index (κ3) is 4.87. The summed E-state index contributed by atoms with van der Waals surface area (Å²) in [5.74, 6) is 1.41. The second kappa shape index (κ2) is 10.2. The Bertz CT molecular complexity index is 1720. The largest absolute Gasteiger partial charge is 0.507 e. The zero-order valence-corrected chi connectivity index (χ0v) is 22.4. The fraction of sp³-hybridized carbons (Fsp3) is 0.167. The normalized spacial score (nSPS) is 11.7. The fourth-order valence-corrected chi connectivity index (χ4v) is 4.67. The van der Waals surface area contributed by atoms with Gasteiger partial charge in [-0.1, -0.05) is 72.2 Å². The fourth-order valence-electron chi connectivity index (χ4n) is 4.31. The predicted molar refractivity (Wildman–Crippen MR) is 152 cm³/mol. The SMILES string of the molecule is Cc1cc(OCc2nc3ccccc3c(=O)n2N=Cc2c(O)ccc3ccccc23)c(C(C)C)cc1Br. The third-order valence-corrected chi connectivity index (χ3v) is 7.19. The van der Waals surface area contributed by atoms with E-state index in [2.05, 4.69) is 40.9 Å². The predicted octanol–water partition coefficient (Wildman–Crippen LogP) is 6.91. The van der Waals surface area contributed by atoms with E-state index >= 15 is 0 Å². The molecule has 6 nitrogen and oxygen atoms in total. The van der Waals surface area contributed by atoms with Crippen LogP contribution < -0.4 is 10.3 Å². The number of aromatic nitrogens is 2. The highest BCUT2D eigenvalue weighted by molar-refractivity contribution is 9.10. The lowest BCUT2D eigenvalue weighted by Crippen LogP contribution is -2.23. The van der Waals surface area contributed by atoms with Crippen LogP contribution in [0.5, 0.6) is 11.5 Å². The van der Waals surface area contributed by atoms with Gasteiger partial charge in [0, 0.05) is 10.0 Å². The average molecular weight is 556 g/mol. The van der Waals surface area contributed by atoms with E-state index in [0.717, 1.165) is 32.1 Å². The highest BCUT2D eigenvalue weighted by atomic mass is 79.9. The van der Waals surface area contributed by atoms with E-state index in [1.54, 1.807) is 24.3 Å². The van der Waals surface area contributed by atoms with Crippen molar-refractivity contribution in [3.63, 3.8) is 0 Å². The van der Waals surface area contributed by atoms with Crippen LogP contribution in [0, 0.1) is 6.92 Å². The second-order valence-electron chi connectivity index (χ2n) is 9.21. The second-order valence-corrected chi connectivity index (χ2v) is 10.1. The van der Waals surface area contributed by atoms with Gasteiger partial charge in [0.1, 0.15) is 18.1 Å². The maximum absolute atomic E-state index is 13.5. The lowest BCUT2D eigenvalue weighted by atomic mass is 10.0. The molecule has 37 heavy (non-hydrogen) atoms. The van der Waals surface area contributed by atoms with Gasteiger partial charge in [0.15, 0.2) is 5.82 Å². The van der Waals surface area contributed by atoms with Crippen LogP contribution in [0.1, 0.15) is 42.3 Å². The van der Waals surface area contributed by atoms with E-state index in [0.29, 0.717) is 22.3 Å². The van der Waals surface area contributed by atoms with Crippen molar-refractivity contribution >= 4 is 43.8 Å². The molecule has 0 atom stereocenters. The van der Waals surface area contributed by atoms with Gasteiger partial charge >= 0.3 is 0 Å². The molecule has 1 aromatic heterocycles. The van der Waals surface area contributed by atoms with Gasteiger partial charge in [0.05, 0.1) is 17.1 Å². The number of phenols is 1. The lowest BCUT2D eigenvalue weighted by molar-refractivity contribution is 0.285. The van der Waals surface area contributed by atoms with Gasteiger partial charge in [0.25, 0.3) is 5.56 Å². The summed E-state index contributed by atoms with van der Waals surface area (Å²) >= 11 is 3.61.